The lowest BCUT2D eigenvalue weighted by molar-refractivity contribution is 0.293. The van der Waals surface area contributed by atoms with Gasteiger partial charge >= 0.3 is 0 Å². The first kappa shape index (κ1) is 29.2. The fourth-order valence-electron chi connectivity index (χ4n) is 4.76. The summed E-state index contributed by atoms with van der Waals surface area (Å²) in [5.41, 5.74) is 0.116. The molecular formula is C31H29FN2O9. The van der Waals surface area contributed by atoms with Crippen molar-refractivity contribution in [3.8, 4) is 45.8 Å². The minimum absolute atomic E-state index is 0.0417. The maximum absolute atomic E-state index is 13.9. The van der Waals surface area contributed by atoms with E-state index < -0.39 is 11.2 Å². The second kappa shape index (κ2) is 12.3. The standard InChI is InChI=1S/C31H29FN2O9/c1-37-19-14-22(38-2)26-23(15-19)43-28(17-11-24(39-3)29(41-5)25(12-17)40-4)30(27(26)35)42-10-6-9-34-16-33-21-13-18(32)7-8-20(21)31(34)36/h7-8,11-16H,6,9-10H2,1-5H3. The number of halogens is 1. The van der Waals surface area contributed by atoms with Gasteiger partial charge in [-0.15, -0.1) is 0 Å². The molecule has 2 aromatic heterocycles. The van der Waals surface area contributed by atoms with Crippen molar-refractivity contribution in [1.82, 2.24) is 9.55 Å². The second-order valence-electron chi connectivity index (χ2n) is 9.31. The molecule has 0 saturated carbocycles. The van der Waals surface area contributed by atoms with E-state index in [9.17, 15) is 14.0 Å². The van der Waals surface area contributed by atoms with Crippen LogP contribution in [-0.4, -0.2) is 51.7 Å². The fourth-order valence-corrected chi connectivity index (χ4v) is 4.76. The van der Waals surface area contributed by atoms with Crippen molar-refractivity contribution in [2.75, 3.05) is 42.2 Å². The lowest BCUT2D eigenvalue weighted by Gasteiger charge is -2.17. The van der Waals surface area contributed by atoms with Gasteiger partial charge in [0.05, 0.1) is 59.4 Å². The summed E-state index contributed by atoms with van der Waals surface area (Å²) in [4.78, 5) is 31.0. The molecule has 0 bridgehead atoms. The van der Waals surface area contributed by atoms with E-state index in [1.807, 2.05) is 0 Å². The number of fused-ring (bicyclic) bond motifs is 2. The van der Waals surface area contributed by atoms with Gasteiger partial charge < -0.3 is 32.8 Å². The van der Waals surface area contributed by atoms with Crippen LogP contribution in [0.1, 0.15) is 6.42 Å². The van der Waals surface area contributed by atoms with Crippen LogP contribution in [0.2, 0.25) is 0 Å². The average molecular weight is 593 g/mol. The molecule has 0 amide bonds. The first-order chi connectivity index (χ1) is 20.8. The molecule has 12 heteroatoms. The van der Waals surface area contributed by atoms with Crippen LogP contribution in [0.3, 0.4) is 0 Å². The summed E-state index contributed by atoms with van der Waals surface area (Å²) in [7, 11) is 7.36. The Bertz CT molecular complexity index is 1910. The molecular weight excluding hydrogens is 563 g/mol. The van der Waals surface area contributed by atoms with Gasteiger partial charge in [-0.1, -0.05) is 0 Å². The van der Waals surface area contributed by atoms with Gasteiger partial charge in [0.2, 0.25) is 16.9 Å². The summed E-state index contributed by atoms with van der Waals surface area (Å²) in [6.45, 7) is 0.276. The van der Waals surface area contributed by atoms with Crippen LogP contribution in [0.15, 0.2) is 62.8 Å². The number of aryl methyl sites for hydroxylation is 1. The molecule has 0 aliphatic rings. The van der Waals surface area contributed by atoms with Crippen LogP contribution in [-0.2, 0) is 6.54 Å². The van der Waals surface area contributed by atoms with E-state index in [4.69, 9.17) is 32.8 Å². The van der Waals surface area contributed by atoms with Gasteiger partial charge in [0.25, 0.3) is 5.56 Å². The van der Waals surface area contributed by atoms with Crippen molar-refractivity contribution >= 4 is 21.9 Å². The van der Waals surface area contributed by atoms with Crippen molar-refractivity contribution < 1.29 is 37.2 Å². The SMILES string of the molecule is COc1cc(OC)c2c(=O)c(OCCCn3cnc4cc(F)ccc4c3=O)c(-c3cc(OC)c(OC)c(OC)c3)oc2c1. The lowest BCUT2D eigenvalue weighted by Crippen LogP contribution is -2.22. The zero-order valence-electron chi connectivity index (χ0n) is 24.2. The predicted molar refractivity (Wildman–Crippen MR) is 157 cm³/mol. The summed E-state index contributed by atoms with van der Waals surface area (Å²) in [6, 6.07) is 10.3. The van der Waals surface area contributed by atoms with Gasteiger partial charge in [0, 0.05) is 30.3 Å². The number of benzene rings is 3. The Morgan fingerprint density at radius 2 is 1.56 bits per heavy atom. The highest BCUT2D eigenvalue weighted by Crippen LogP contribution is 2.44. The Labute approximate surface area is 244 Å². The molecule has 0 unspecified atom stereocenters. The van der Waals surface area contributed by atoms with E-state index in [1.165, 1.54) is 64.6 Å². The van der Waals surface area contributed by atoms with Gasteiger partial charge in [0.1, 0.15) is 28.3 Å². The zero-order chi connectivity index (χ0) is 30.7. The van der Waals surface area contributed by atoms with Crippen LogP contribution in [0.25, 0.3) is 33.2 Å². The highest BCUT2D eigenvalue weighted by Gasteiger charge is 2.24. The fraction of sp³-hybridized carbons (Fsp3) is 0.258. The Balaban J connectivity index is 1.56. The van der Waals surface area contributed by atoms with Gasteiger partial charge in [-0.2, -0.15) is 0 Å². The minimum Gasteiger partial charge on any atom is -0.496 e. The van der Waals surface area contributed by atoms with E-state index in [-0.39, 0.29) is 52.5 Å². The zero-order valence-corrected chi connectivity index (χ0v) is 24.2. The first-order valence-electron chi connectivity index (χ1n) is 13.1. The molecule has 0 aliphatic carbocycles. The molecule has 0 atom stereocenters. The molecule has 3 aromatic carbocycles. The van der Waals surface area contributed by atoms with Gasteiger partial charge in [0.15, 0.2) is 17.3 Å². The number of ether oxygens (including phenoxy) is 6. The van der Waals surface area contributed by atoms with Crippen LogP contribution in [0.4, 0.5) is 4.39 Å². The Kier molecular flexibility index (Phi) is 8.37. The first-order valence-corrected chi connectivity index (χ1v) is 13.1. The molecule has 5 aromatic rings. The van der Waals surface area contributed by atoms with E-state index in [1.54, 1.807) is 24.3 Å². The molecule has 0 aliphatic heterocycles. The van der Waals surface area contributed by atoms with E-state index in [2.05, 4.69) is 4.98 Å². The van der Waals surface area contributed by atoms with Crippen LogP contribution < -0.4 is 39.4 Å². The topological polar surface area (TPSA) is 120 Å². The summed E-state index contributed by atoms with van der Waals surface area (Å²) < 4.78 is 54.6. The van der Waals surface area contributed by atoms with Crippen molar-refractivity contribution in [1.29, 1.82) is 0 Å². The van der Waals surface area contributed by atoms with Crippen LogP contribution >= 0.6 is 0 Å². The largest absolute Gasteiger partial charge is 0.496 e. The van der Waals surface area contributed by atoms with Crippen molar-refractivity contribution in [2.24, 2.45) is 0 Å². The monoisotopic (exact) mass is 592 g/mol. The third-order valence-electron chi connectivity index (χ3n) is 6.85. The quantitative estimate of drug-likeness (QED) is 0.197. The normalized spacial score (nSPS) is 11.0. The highest BCUT2D eigenvalue weighted by atomic mass is 19.1. The molecule has 0 N–H and O–H groups in total. The summed E-state index contributed by atoms with van der Waals surface area (Å²) in [5, 5.41) is 0.462. The van der Waals surface area contributed by atoms with E-state index >= 15 is 0 Å². The molecule has 0 saturated heterocycles. The molecule has 224 valence electrons. The van der Waals surface area contributed by atoms with Crippen molar-refractivity contribution in [2.45, 2.75) is 13.0 Å². The molecule has 0 fully saturated rings. The number of nitrogens with zero attached hydrogens (tertiary/aromatic N) is 2. The Hall–Kier alpha value is -5.26. The maximum Gasteiger partial charge on any atom is 0.261 e. The highest BCUT2D eigenvalue weighted by molar-refractivity contribution is 5.89. The predicted octanol–water partition coefficient (Wildman–Crippen LogP) is 4.82. The van der Waals surface area contributed by atoms with E-state index in [0.717, 1.165) is 0 Å². The third kappa shape index (κ3) is 5.51. The number of hydrogen-bond acceptors (Lipinski definition) is 10. The van der Waals surface area contributed by atoms with Gasteiger partial charge in [-0.05, 0) is 30.7 Å². The number of aromatic nitrogens is 2. The molecule has 0 spiro atoms. The van der Waals surface area contributed by atoms with Gasteiger partial charge in [-0.3, -0.25) is 14.2 Å². The summed E-state index contributed by atoms with van der Waals surface area (Å²) in [6.07, 6.45) is 1.69. The molecule has 2 heterocycles. The molecule has 5 rings (SSSR count). The minimum atomic E-state index is -0.476. The van der Waals surface area contributed by atoms with Crippen LogP contribution in [0.5, 0.6) is 34.5 Å². The summed E-state index contributed by atoms with van der Waals surface area (Å²) in [5.74, 6) is 1.28. The summed E-state index contributed by atoms with van der Waals surface area (Å²) >= 11 is 0. The van der Waals surface area contributed by atoms with E-state index in [0.29, 0.717) is 40.4 Å². The maximum atomic E-state index is 13.9. The Morgan fingerprint density at radius 3 is 2.21 bits per heavy atom. The number of methoxy groups -OCH3 is 5. The third-order valence-corrected chi connectivity index (χ3v) is 6.85. The Morgan fingerprint density at radius 1 is 0.837 bits per heavy atom. The molecule has 0 radical (unpaired) electrons. The number of hydrogen-bond donors (Lipinski definition) is 0. The molecule has 11 nitrogen and oxygen atoms in total. The van der Waals surface area contributed by atoms with Crippen molar-refractivity contribution in [3.05, 3.63) is 75.2 Å². The smallest absolute Gasteiger partial charge is 0.261 e. The average Bonchev–Trinajstić information content (AvgIpc) is 3.03. The number of rotatable bonds is 11. The lowest BCUT2D eigenvalue weighted by atomic mass is 10.1. The van der Waals surface area contributed by atoms with Gasteiger partial charge in [-0.25, -0.2) is 9.37 Å². The van der Waals surface area contributed by atoms with Crippen molar-refractivity contribution in [3.63, 3.8) is 0 Å². The second-order valence-corrected chi connectivity index (χ2v) is 9.31. The molecule has 43 heavy (non-hydrogen) atoms. The van der Waals surface area contributed by atoms with Crippen LogP contribution in [0, 0.1) is 5.82 Å².